The molecular formula is C23H17N3O2. The largest absolute Gasteiger partial charge is 0.325 e. The van der Waals surface area contributed by atoms with Crippen molar-refractivity contribution in [2.45, 2.75) is 12.1 Å². The topological polar surface area (TPSA) is 73.2 Å². The molecule has 0 atom stereocenters. The molecule has 28 heavy (non-hydrogen) atoms. The van der Waals surface area contributed by atoms with Gasteiger partial charge in [-0.15, -0.1) is 0 Å². The average molecular weight is 367 g/mol. The Bertz CT molecular complexity index is 1030. The molecule has 0 saturated carbocycles. The number of carbonyl (C=O) groups excluding carboxylic acids is 2. The van der Waals surface area contributed by atoms with E-state index in [1.807, 2.05) is 60.7 Å². The maximum absolute atomic E-state index is 13.6. The normalized spacial score (nSPS) is 15.2. The van der Waals surface area contributed by atoms with Crippen LogP contribution in [0.4, 0.5) is 4.79 Å². The number of carbonyl (C=O) groups is 2. The highest BCUT2D eigenvalue weighted by Gasteiger charge is 2.53. The molecule has 5 heteroatoms. The van der Waals surface area contributed by atoms with Crippen LogP contribution in [-0.2, 0) is 16.9 Å². The van der Waals surface area contributed by atoms with E-state index >= 15 is 0 Å². The van der Waals surface area contributed by atoms with Gasteiger partial charge in [0.25, 0.3) is 5.91 Å². The lowest BCUT2D eigenvalue weighted by Crippen LogP contribution is -2.45. The van der Waals surface area contributed by atoms with Crippen molar-refractivity contribution in [3.63, 3.8) is 0 Å². The summed E-state index contributed by atoms with van der Waals surface area (Å²) < 4.78 is 0. The number of benzene rings is 3. The van der Waals surface area contributed by atoms with Crippen molar-refractivity contribution in [3.8, 4) is 6.07 Å². The van der Waals surface area contributed by atoms with Crippen molar-refractivity contribution in [1.29, 1.82) is 5.26 Å². The maximum atomic E-state index is 13.6. The Kier molecular flexibility index (Phi) is 4.38. The smallest absolute Gasteiger partial charge is 0.315 e. The minimum atomic E-state index is -1.27. The summed E-state index contributed by atoms with van der Waals surface area (Å²) in [5.74, 6) is -0.336. The quantitative estimate of drug-likeness (QED) is 0.717. The maximum Gasteiger partial charge on any atom is 0.325 e. The van der Waals surface area contributed by atoms with Gasteiger partial charge in [-0.25, -0.2) is 4.79 Å². The first kappa shape index (κ1) is 17.5. The van der Waals surface area contributed by atoms with Gasteiger partial charge in [-0.2, -0.15) is 5.26 Å². The zero-order valence-corrected chi connectivity index (χ0v) is 15.0. The summed E-state index contributed by atoms with van der Waals surface area (Å²) in [6.07, 6.45) is 0. The van der Waals surface area contributed by atoms with Crippen LogP contribution in [0.3, 0.4) is 0 Å². The van der Waals surface area contributed by atoms with Crippen LogP contribution in [0.15, 0.2) is 84.9 Å². The molecule has 136 valence electrons. The van der Waals surface area contributed by atoms with Gasteiger partial charge in [0.1, 0.15) is 0 Å². The minimum absolute atomic E-state index is 0.0988. The fraction of sp³-hybridized carbons (Fsp3) is 0.0870. The third kappa shape index (κ3) is 2.81. The third-order valence-corrected chi connectivity index (χ3v) is 4.92. The fourth-order valence-corrected chi connectivity index (χ4v) is 3.58. The van der Waals surface area contributed by atoms with Crippen molar-refractivity contribution in [1.82, 2.24) is 10.2 Å². The van der Waals surface area contributed by atoms with E-state index in [4.69, 9.17) is 5.26 Å². The van der Waals surface area contributed by atoms with E-state index in [-0.39, 0.29) is 12.5 Å². The number of hydrogen-bond acceptors (Lipinski definition) is 3. The van der Waals surface area contributed by atoms with Crippen LogP contribution in [0.1, 0.15) is 22.3 Å². The second-order valence-corrected chi connectivity index (χ2v) is 6.62. The number of hydrogen-bond donors (Lipinski definition) is 1. The highest BCUT2D eigenvalue weighted by atomic mass is 16.2. The molecule has 1 aliphatic rings. The van der Waals surface area contributed by atoms with Gasteiger partial charge in [0.15, 0.2) is 5.54 Å². The molecule has 1 aliphatic heterocycles. The summed E-state index contributed by atoms with van der Waals surface area (Å²) in [5.41, 5.74) is 1.34. The van der Waals surface area contributed by atoms with Crippen LogP contribution in [-0.4, -0.2) is 16.8 Å². The van der Waals surface area contributed by atoms with E-state index in [1.54, 1.807) is 24.3 Å². The first-order chi connectivity index (χ1) is 13.6. The highest BCUT2D eigenvalue weighted by molar-refractivity contribution is 6.09. The second kappa shape index (κ2) is 7.01. The standard InChI is InChI=1S/C23H17N3O2/c24-15-17-8-7-9-18(14-17)16-26-21(27)23(25-22(26)28,19-10-3-1-4-11-19)20-12-5-2-6-13-20/h1-14H,16H2,(H,25,28). The molecule has 4 rings (SSSR count). The van der Waals surface area contributed by atoms with Crippen LogP contribution < -0.4 is 5.32 Å². The van der Waals surface area contributed by atoms with Crippen LogP contribution in [0.5, 0.6) is 0 Å². The molecule has 0 radical (unpaired) electrons. The number of amides is 3. The number of urea groups is 1. The number of nitrogens with one attached hydrogen (secondary N) is 1. The Hall–Kier alpha value is -3.91. The SMILES string of the molecule is N#Cc1cccc(CN2C(=O)NC(c3ccccc3)(c3ccccc3)C2=O)c1. The van der Waals surface area contributed by atoms with Crippen LogP contribution in [0, 0.1) is 11.3 Å². The Morgan fingerprint density at radius 2 is 1.46 bits per heavy atom. The number of nitrogens with zero attached hydrogens (tertiary/aromatic N) is 2. The molecule has 0 bridgehead atoms. The number of rotatable bonds is 4. The molecule has 0 aromatic heterocycles. The van der Waals surface area contributed by atoms with Gasteiger partial charge < -0.3 is 5.32 Å². The molecule has 1 N–H and O–H groups in total. The van der Waals surface area contributed by atoms with Gasteiger partial charge in [-0.05, 0) is 28.8 Å². The molecule has 3 aromatic rings. The molecule has 0 aliphatic carbocycles. The van der Waals surface area contributed by atoms with E-state index in [1.165, 1.54) is 4.90 Å². The molecule has 1 heterocycles. The van der Waals surface area contributed by atoms with E-state index in [0.717, 1.165) is 5.56 Å². The summed E-state index contributed by atoms with van der Waals surface area (Å²) in [7, 11) is 0. The lowest BCUT2D eigenvalue weighted by molar-refractivity contribution is -0.130. The minimum Gasteiger partial charge on any atom is -0.315 e. The zero-order chi connectivity index (χ0) is 19.6. The van der Waals surface area contributed by atoms with E-state index in [0.29, 0.717) is 16.7 Å². The summed E-state index contributed by atoms with van der Waals surface area (Å²) in [4.78, 5) is 27.6. The predicted molar refractivity (Wildman–Crippen MR) is 104 cm³/mol. The fourth-order valence-electron chi connectivity index (χ4n) is 3.58. The van der Waals surface area contributed by atoms with Gasteiger partial charge in [-0.3, -0.25) is 9.69 Å². The molecule has 3 amide bonds. The van der Waals surface area contributed by atoms with Gasteiger partial charge in [-0.1, -0.05) is 72.8 Å². The van der Waals surface area contributed by atoms with Gasteiger partial charge in [0, 0.05) is 0 Å². The monoisotopic (exact) mass is 367 g/mol. The van der Waals surface area contributed by atoms with Crippen molar-refractivity contribution < 1.29 is 9.59 Å². The van der Waals surface area contributed by atoms with E-state index < -0.39 is 11.6 Å². The van der Waals surface area contributed by atoms with Gasteiger partial charge >= 0.3 is 6.03 Å². The Balaban J connectivity index is 1.78. The summed E-state index contributed by atoms with van der Waals surface area (Å²) in [6.45, 7) is 0.0988. The second-order valence-electron chi connectivity index (χ2n) is 6.62. The first-order valence-corrected chi connectivity index (χ1v) is 8.89. The van der Waals surface area contributed by atoms with Crippen molar-refractivity contribution in [2.24, 2.45) is 0 Å². The molecule has 0 spiro atoms. The molecule has 0 unspecified atom stereocenters. The zero-order valence-electron chi connectivity index (χ0n) is 15.0. The van der Waals surface area contributed by atoms with Crippen LogP contribution >= 0.6 is 0 Å². The molecule has 1 fully saturated rings. The lowest BCUT2D eigenvalue weighted by atomic mass is 9.82. The molecule has 5 nitrogen and oxygen atoms in total. The van der Waals surface area contributed by atoms with Crippen LogP contribution in [0.2, 0.25) is 0 Å². The van der Waals surface area contributed by atoms with Crippen molar-refractivity contribution in [3.05, 3.63) is 107 Å². The number of imide groups is 1. The Morgan fingerprint density at radius 1 is 0.857 bits per heavy atom. The first-order valence-electron chi connectivity index (χ1n) is 8.89. The predicted octanol–water partition coefficient (Wildman–Crippen LogP) is 3.55. The molecule has 3 aromatic carbocycles. The Morgan fingerprint density at radius 3 is 2.04 bits per heavy atom. The molecule has 1 saturated heterocycles. The highest BCUT2D eigenvalue weighted by Crippen LogP contribution is 2.36. The van der Waals surface area contributed by atoms with Gasteiger partial charge in [0.05, 0.1) is 18.2 Å². The van der Waals surface area contributed by atoms with Crippen LogP contribution in [0.25, 0.3) is 0 Å². The van der Waals surface area contributed by atoms with E-state index in [9.17, 15) is 9.59 Å². The molecular weight excluding hydrogens is 350 g/mol. The lowest BCUT2D eigenvalue weighted by Gasteiger charge is -2.28. The third-order valence-electron chi connectivity index (χ3n) is 4.92. The van der Waals surface area contributed by atoms with Crippen molar-refractivity contribution in [2.75, 3.05) is 0 Å². The Labute approximate surface area is 162 Å². The number of nitriles is 1. The van der Waals surface area contributed by atoms with Crippen molar-refractivity contribution >= 4 is 11.9 Å². The van der Waals surface area contributed by atoms with E-state index in [2.05, 4.69) is 11.4 Å². The summed E-state index contributed by atoms with van der Waals surface area (Å²) >= 11 is 0. The van der Waals surface area contributed by atoms with Gasteiger partial charge in [0.2, 0.25) is 0 Å². The summed E-state index contributed by atoms with van der Waals surface area (Å²) in [6, 6.07) is 27.0. The summed E-state index contributed by atoms with van der Waals surface area (Å²) in [5, 5.41) is 12.0. The average Bonchev–Trinajstić information content (AvgIpc) is 3.01.